The Labute approximate surface area is 102 Å². The van der Waals surface area contributed by atoms with E-state index in [1.54, 1.807) is 24.3 Å². The fourth-order valence-corrected chi connectivity index (χ4v) is 1.62. The lowest BCUT2D eigenvalue weighted by Crippen LogP contribution is -1.87. The molecule has 0 saturated heterocycles. The summed E-state index contributed by atoms with van der Waals surface area (Å²) < 4.78 is 0. The van der Waals surface area contributed by atoms with E-state index in [9.17, 15) is 10.1 Å². The normalized spacial score (nSPS) is 9.56. The van der Waals surface area contributed by atoms with Crippen molar-refractivity contribution in [3.05, 3.63) is 58.6 Å². The second-order valence-electron chi connectivity index (χ2n) is 3.52. The maximum absolute atomic E-state index is 10.6. The highest BCUT2D eigenvalue weighted by molar-refractivity contribution is 5.75. The van der Waals surface area contributed by atoms with Crippen LogP contribution in [-0.2, 0) is 0 Å². The van der Waals surface area contributed by atoms with Gasteiger partial charge in [0.25, 0.3) is 5.69 Å². The summed E-state index contributed by atoms with van der Waals surface area (Å²) in [4.78, 5) is 13.1. The van der Waals surface area contributed by atoms with Gasteiger partial charge >= 0.3 is 0 Å². The number of non-ortho nitro benzene ring substituents is 1. The number of nitro groups is 1. The Morgan fingerprint density at radius 2 is 1.78 bits per heavy atom. The molecule has 6 nitrogen and oxygen atoms in total. The van der Waals surface area contributed by atoms with E-state index in [1.165, 1.54) is 12.1 Å². The second-order valence-corrected chi connectivity index (χ2v) is 3.52. The Bertz CT molecular complexity index is 631. The Morgan fingerprint density at radius 3 is 2.39 bits per heavy atom. The molecule has 0 heterocycles. The molecule has 0 spiro atoms. The minimum absolute atomic E-state index is 0.0401. The van der Waals surface area contributed by atoms with Crippen molar-refractivity contribution >= 4 is 11.4 Å². The molecular weight excluding hydrogens is 232 g/mol. The highest BCUT2D eigenvalue weighted by Gasteiger charge is 2.09. The third kappa shape index (κ3) is 2.28. The molecule has 0 bridgehead atoms. The van der Waals surface area contributed by atoms with E-state index in [4.69, 9.17) is 5.53 Å². The van der Waals surface area contributed by atoms with Gasteiger partial charge in [0.05, 0.1) is 4.92 Å². The van der Waals surface area contributed by atoms with E-state index in [0.717, 1.165) is 11.1 Å². The van der Waals surface area contributed by atoms with Crippen molar-refractivity contribution in [1.82, 2.24) is 4.91 Å². The number of nitrogens with one attached hydrogen (secondary N) is 1. The highest BCUT2D eigenvalue weighted by atomic mass is 16.6. The van der Waals surface area contributed by atoms with Gasteiger partial charge in [-0.2, -0.15) is 0 Å². The van der Waals surface area contributed by atoms with Gasteiger partial charge in [0, 0.05) is 17.7 Å². The van der Waals surface area contributed by atoms with Crippen LogP contribution >= 0.6 is 0 Å². The summed E-state index contributed by atoms with van der Waals surface area (Å²) in [6.45, 7) is 0. The third-order valence-electron chi connectivity index (χ3n) is 2.45. The quantitative estimate of drug-likeness (QED) is 0.385. The Hall–Kier alpha value is -2.85. The number of rotatable bonds is 3. The lowest BCUT2D eigenvalue weighted by molar-refractivity contribution is -0.384. The number of hydrogen-bond donors (Lipinski definition) is 1. The first-order valence-corrected chi connectivity index (χ1v) is 5.13. The molecule has 0 aromatic heterocycles. The lowest BCUT2D eigenvalue weighted by atomic mass is 10.0. The molecule has 2 aromatic carbocycles. The van der Waals surface area contributed by atoms with E-state index in [1.807, 2.05) is 12.1 Å². The molecule has 2 aromatic rings. The van der Waals surface area contributed by atoms with Crippen LogP contribution in [0.3, 0.4) is 0 Å². The highest BCUT2D eigenvalue weighted by Crippen LogP contribution is 2.30. The molecule has 88 valence electrons. The maximum atomic E-state index is 10.6. The lowest BCUT2D eigenvalue weighted by Gasteiger charge is -2.01. The summed E-state index contributed by atoms with van der Waals surface area (Å²) in [5.41, 5.74) is 8.93. The van der Waals surface area contributed by atoms with Crippen LogP contribution < -0.4 is 4.91 Å². The van der Waals surface area contributed by atoms with Crippen LogP contribution in [0.25, 0.3) is 11.1 Å². The topological polar surface area (TPSA) is 93.5 Å². The zero-order chi connectivity index (χ0) is 13.0. The van der Waals surface area contributed by atoms with Gasteiger partial charge in [-0.15, -0.1) is 0 Å². The smallest absolute Gasteiger partial charge is 0.258 e. The second kappa shape index (κ2) is 4.99. The van der Waals surface area contributed by atoms with Crippen LogP contribution in [0, 0.1) is 15.6 Å². The zero-order valence-corrected chi connectivity index (χ0v) is 9.28. The molecule has 0 radical (unpaired) electrons. The number of nitro benzene ring substituents is 1. The minimum Gasteiger partial charge on any atom is -0.258 e. The molecule has 0 aliphatic heterocycles. The Balaban J connectivity index is 2.48. The van der Waals surface area contributed by atoms with Gasteiger partial charge < -0.3 is 0 Å². The molecule has 2 rings (SSSR count). The number of nitrogens with zero attached hydrogens (tertiary/aromatic N) is 3. The van der Waals surface area contributed by atoms with Crippen LogP contribution in [0.2, 0.25) is 0 Å². The average molecular weight is 241 g/mol. The van der Waals surface area contributed by atoms with Gasteiger partial charge in [0.1, 0.15) is 5.53 Å². The largest absolute Gasteiger partial charge is 0.269 e. The SMILES string of the molecule is N=[N+]=Nc1ccccc1-c1ccc([N+](=O)[O-])cc1. The van der Waals surface area contributed by atoms with Crippen molar-refractivity contribution in [2.45, 2.75) is 0 Å². The van der Waals surface area contributed by atoms with Crippen LogP contribution in [-0.4, -0.2) is 4.92 Å². The van der Waals surface area contributed by atoms with Gasteiger partial charge in [-0.05, 0) is 23.8 Å². The Morgan fingerprint density at radius 1 is 1.11 bits per heavy atom. The van der Waals surface area contributed by atoms with Crippen molar-refractivity contribution < 1.29 is 4.92 Å². The van der Waals surface area contributed by atoms with Gasteiger partial charge in [-0.3, -0.25) is 10.1 Å². The van der Waals surface area contributed by atoms with E-state index in [2.05, 4.69) is 10.0 Å². The first-order valence-electron chi connectivity index (χ1n) is 5.13. The molecule has 1 N–H and O–H groups in total. The summed E-state index contributed by atoms with van der Waals surface area (Å²) in [6, 6.07) is 13.3. The van der Waals surface area contributed by atoms with Crippen molar-refractivity contribution in [2.24, 2.45) is 5.11 Å². The predicted octanol–water partition coefficient (Wildman–Crippen LogP) is 3.44. The number of benzene rings is 2. The molecule has 0 aliphatic carbocycles. The standard InChI is InChI=1S/C12H9N4O2/c13-15-14-12-4-2-1-3-11(12)9-5-7-10(8-6-9)16(17)18/h1-8,13H/q+1. The first-order chi connectivity index (χ1) is 8.72. The van der Waals surface area contributed by atoms with E-state index in [-0.39, 0.29) is 5.69 Å². The van der Waals surface area contributed by atoms with Gasteiger partial charge in [0.15, 0.2) is 10.8 Å². The van der Waals surface area contributed by atoms with Crippen LogP contribution in [0.15, 0.2) is 53.6 Å². The first kappa shape index (κ1) is 11.6. The molecule has 0 atom stereocenters. The summed E-state index contributed by atoms with van der Waals surface area (Å²) >= 11 is 0. The van der Waals surface area contributed by atoms with Gasteiger partial charge in [0.2, 0.25) is 4.91 Å². The summed E-state index contributed by atoms with van der Waals surface area (Å²) in [7, 11) is 0. The molecule has 0 amide bonds. The van der Waals surface area contributed by atoms with Gasteiger partial charge in [-0.1, -0.05) is 18.2 Å². The molecule has 18 heavy (non-hydrogen) atoms. The molecule has 0 unspecified atom stereocenters. The molecule has 0 saturated carbocycles. The average Bonchev–Trinajstić information content (AvgIpc) is 2.40. The van der Waals surface area contributed by atoms with Crippen molar-refractivity contribution in [2.75, 3.05) is 0 Å². The van der Waals surface area contributed by atoms with Crippen LogP contribution in [0.5, 0.6) is 0 Å². The monoisotopic (exact) mass is 241 g/mol. The summed E-state index contributed by atoms with van der Waals surface area (Å²) in [5, 5.41) is 14.3. The predicted molar refractivity (Wildman–Crippen MR) is 65.5 cm³/mol. The zero-order valence-electron chi connectivity index (χ0n) is 9.28. The molecule has 6 heteroatoms. The summed E-state index contributed by atoms with van der Waals surface area (Å²) in [6.07, 6.45) is 0. The maximum Gasteiger partial charge on any atom is 0.269 e. The van der Waals surface area contributed by atoms with Crippen LogP contribution in [0.4, 0.5) is 11.4 Å². The van der Waals surface area contributed by atoms with Crippen molar-refractivity contribution in [3.63, 3.8) is 0 Å². The van der Waals surface area contributed by atoms with Crippen molar-refractivity contribution in [1.29, 1.82) is 5.53 Å². The van der Waals surface area contributed by atoms with Crippen LogP contribution in [0.1, 0.15) is 0 Å². The fourth-order valence-electron chi connectivity index (χ4n) is 1.62. The fraction of sp³-hybridized carbons (Fsp3) is 0. The molecular formula is C12H9N4O2+. The van der Waals surface area contributed by atoms with E-state index < -0.39 is 4.92 Å². The summed E-state index contributed by atoms with van der Waals surface area (Å²) in [5.74, 6) is 0. The Kier molecular flexibility index (Phi) is 3.22. The van der Waals surface area contributed by atoms with E-state index >= 15 is 0 Å². The third-order valence-corrected chi connectivity index (χ3v) is 2.45. The van der Waals surface area contributed by atoms with Crippen molar-refractivity contribution in [3.8, 4) is 11.1 Å². The molecule has 0 aliphatic rings. The number of hydrogen-bond acceptors (Lipinski definition) is 4. The van der Waals surface area contributed by atoms with E-state index in [0.29, 0.717) is 5.69 Å². The molecule has 0 fully saturated rings. The minimum atomic E-state index is -0.445. The van der Waals surface area contributed by atoms with Gasteiger partial charge in [-0.25, -0.2) is 0 Å².